The van der Waals surface area contributed by atoms with Crippen LogP contribution >= 0.6 is 0 Å². The lowest BCUT2D eigenvalue weighted by Crippen LogP contribution is -2.33. The van der Waals surface area contributed by atoms with Gasteiger partial charge in [0, 0.05) is 31.0 Å². The van der Waals surface area contributed by atoms with Crippen molar-refractivity contribution in [3.05, 3.63) is 64.1 Å². The van der Waals surface area contributed by atoms with Crippen LogP contribution < -0.4 is 5.56 Å². The molecule has 1 aromatic heterocycles. The van der Waals surface area contributed by atoms with Gasteiger partial charge in [0.25, 0.3) is 11.5 Å². The standard InChI is InChI=1S/C19H19F3N2O2/c1-2-23(11-13-6-7-13)18(26)14-8-9-17(25)24(12-14)16-5-3-4-15(10-16)19(20,21)22/h3-5,8-10,12-13H,2,6-7,11H2,1H3. The summed E-state index contributed by atoms with van der Waals surface area (Å²) in [5.41, 5.74) is -0.983. The van der Waals surface area contributed by atoms with E-state index in [9.17, 15) is 22.8 Å². The Hall–Kier alpha value is -2.57. The Morgan fingerprint density at radius 1 is 1.23 bits per heavy atom. The van der Waals surface area contributed by atoms with Gasteiger partial charge in [-0.25, -0.2) is 0 Å². The maximum atomic E-state index is 12.9. The van der Waals surface area contributed by atoms with Crippen LogP contribution in [0, 0.1) is 5.92 Å². The van der Waals surface area contributed by atoms with Gasteiger partial charge in [0.15, 0.2) is 0 Å². The summed E-state index contributed by atoms with van der Waals surface area (Å²) in [7, 11) is 0. The largest absolute Gasteiger partial charge is 0.416 e. The molecule has 1 aromatic carbocycles. The number of carbonyl (C=O) groups is 1. The van der Waals surface area contributed by atoms with Crippen LogP contribution in [0.3, 0.4) is 0 Å². The molecule has 1 heterocycles. The predicted molar refractivity (Wildman–Crippen MR) is 91.3 cm³/mol. The smallest absolute Gasteiger partial charge is 0.339 e. The van der Waals surface area contributed by atoms with Crippen molar-refractivity contribution in [2.75, 3.05) is 13.1 Å². The summed E-state index contributed by atoms with van der Waals surface area (Å²) in [5, 5.41) is 0. The van der Waals surface area contributed by atoms with Gasteiger partial charge < -0.3 is 4.90 Å². The number of amides is 1. The molecule has 0 saturated heterocycles. The zero-order valence-electron chi connectivity index (χ0n) is 14.3. The van der Waals surface area contributed by atoms with E-state index in [0.717, 1.165) is 29.5 Å². The second-order valence-corrected chi connectivity index (χ2v) is 6.46. The van der Waals surface area contributed by atoms with E-state index < -0.39 is 17.3 Å². The number of benzene rings is 1. The highest BCUT2D eigenvalue weighted by atomic mass is 19.4. The molecule has 138 valence electrons. The lowest BCUT2D eigenvalue weighted by Gasteiger charge is -2.21. The Balaban J connectivity index is 1.95. The molecule has 3 rings (SSSR count). The first-order valence-electron chi connectivity index (χ1n) is 8.49. The number of hydrogen-bond donors (Lipinski definition) is 0. The minimum absolute atomic E-state index is 0.0738. The predicted octanol–water partition coefficient (Wildman–Crippen LogP) is 3.73. The third-order valence-electron chi connectivity index (χ3n) is 4.45. The van der Waals surface area contributed by atoms with Crippen molar-refractivity contribution < 1.29 is 18.0 Å². The molecular weight excluding hydrogens is 345 g/mol. The molecule has 0 bridgehead atoms. The van der Waals surface area contributed by atoms with Crippen LogP contribution in [0.15, 0.2) is 47.4 Å². The van der Waals surface area contributed by atoms with E-state index in [4.69, 9.17) is 0 Å². The minimum atomic E-state index is -4.50. The van der Waals surface area contributed by atoms with Crippen LogP contribution in [0.2, 0.25) is 0 Å². The molecular formula is C19H19F3N2O2. The number of hydrogen-bond acceptors (Lipinski definition) is 2. The maximum absolute atomic E-state index is 12.9. The number of pyridine rings is 1. The van der Waals surface area contributed by atoms with Gasteiger partial charge in [-0.05, 0) is 49.9 Å². The summed E-state index contributed by atoms with van der Waals surface area (Å²) in [6.45, 7) is 3.08. The number of aromatic nitrogens is 1. The van der Waals surface area contributed by atoms with Gasteiger partial charge >= 0.3 is 6.18 Å². The third-order valence-corrected chi connectivity index (χ3v) is 4.45. The van der Waals surface area contributed by atoms with Crippen molar-refractivity contribution >= 4 is 5.91 Å². The molecule has 1 fully saturated rings. The molecule has 26 heavy (non-hydrogen) atoms. The van der Waals surface area contributed by atoms with Crippen LogP contribution in [0.4, 0.5) is 13.2 Å². The molecule has 0 unspecified atom stereocenters. The minimum Gasteiger partial charge on any atom is -0.339 e. The fourth-order valence-electron chi connectivity index (χ4n) is 2.80. The first-order chi connectivity index (χ1) is 12.3. The van der Waals surface area contributed by atoms with Crippen molar-refractivity contribution in [2.45, 2.75) is 25.9 Å². The average Bonchev–Trinajstić information content (AvgIpc) is 3.43. The second kappa shape index (κ2) is 6.97. The molecule has 1 aliphatic rings. The van der Waals surface area contributed by atoms with Crippen LogP contribution in [0.1, 0.15) is 35.7 Å². The Morgan fingerprint density at radius 2 is 1.96 bits per heavy atom. The zero-order valence-corrected chi connectivity index (χ0v) is 14.3. The van der Waals surface area contributed by atoms with Gasteiger partial charge in [0.1, 0.15) is 0 Å². The summed E-state index contributed by atoms with van der Waals surface area (Å²) in [4.78, 5) is 26.5. The summed E-state index contributed by atoms with van der Waals surface area (Å²) in [5.74, 6) is 0.299. The van der Waals surface area contributed by atoms with Gasteiger partial charge in [0.05, 0.1) is 11.1 Å². The average molecular weight is 364 g/mol. The molecule has 7 heteroatoms. The molecule has 0 aliphatic heterocycles. The molecule has 2 aromatic rings. The first kappa shape index (κ1) is 18.2. The summed E-state index contributed by atoms with van der Waals surface area (Å²) >= 11 is 0. The van der Waals surface area contributed by atoms with E-state index in [2.05, 4.69) is 0 Å². The van der Waals surface area contributed by atoms with Crippen LogP contribution in [0.25, 0.3) is 5.69 Å². The van der Waals surface area contributed by atoms with Crippen LogP contribution in [-0.2, 0) is 6.18 Å². The van der Waals surface area contributed by atoms with E-state index in [1.165, 1.54) is 30.5 Å². The van der Waals surface area contributed by atoms with Gasteiger partial charge in [-0.1, -0.05) is 6.07 Å². The summed E-state index contributed by atoms with van der Waals surface area (Å²) in [6.07, 6.45) is -0.979. The molecule has 0 atom stereocenters. The molecule has 1 aliphatic carbocycles. The Labute approximate surface area is 148 Å². The highest BCUT2D eigenvalue weighted by Gasteiger charge is 2.31. The van der Waals surface area contributed by atoms with E-state index >= 15 is 0 Å². The van der Waals surface area contributed by atoms with E-state index in [1.54, 1.807) is 4.90 Å². The monoisotopic (exact) mass is 364 g/mol. The third kappa shape index (κ3) is 3.98. The quantitative estimate of drug-likeness (QED) is 0.811. The highest BCUT2D eigenvalue weighted by Crippen LogP contribution is 2.31. The van der Waals surface area contributed by atoms with Gasteiger partial charge in [-0.2, -0.15) is 13.2 Å². The molecule has 0 N–H and O–H groups in total. The van der Waals surface area contributed by atoms with Crippen LogP contribution in [0.5, 0.6) is 0 Å². The Kier molecular flexibility index (Phi) is 4.89. The van der Waals surface area contributed by atoms with Gasteiger partial charge in [-0.15, -0.1) is 0 Å². The summed E-state index contributed by atoms with van der Waals surface area (Å²) < 4.78 is 39.8. The van der Waals surface area contributed by atoms with E-state index in [-0.39, 0.29) is 17.2 Å². The van der Waals surface area contributed by atoms with E-state index in [0.29, 0.717) is 19.0 Å². The molecule has 0 spiro atoms. The highest BCUT2D eigenvalue weighted by molar-refractivity contribution is 5.94. The maximum Gasteiger partial charge on any atom is 0.416 e. The molecule has 1 saturated carbocycles. The molecule has 0 radical (unpaired) electrons. The Morgan fingerprint density at radius 3 is 2.58 bits per heavy atom. The number of nitrogens with zero attached hydrogens (tertiary/aromatic N) is 2. The van der Waals surface area contributed by atoms with Crippen molar-refractivity contribution in [3.63, 3.8) is 0 Å². The number of carbonyl (C=O) groups excluding carboxylic acids is 1. The summed E-state index contributed by atoms with van der Waals surface area (Å²) in [6, 6.07) is 7.12. The first-order valence-corrected chi connectivity index (χ1v) is 8.49. The normalized spacial score (nSPS) is 14.3. The lowest BCUT2D eigenvalue weighted by atomic mass is 10.1. The number of halogens is 3. The fraction of sp³-hybridized carbons (Fsp3) is 0.368. The molecule has 4 nitrogen and oxygen atoms in total. The van der Waals surface area contributed by atoms with Crippen LogP contribution in [-0.4, -0.2) is 28.5 Å². The van der Waals surface area contributed by atoms with Gasteiger partial charge in [-0.3, -0.25) is 14.2 Å². The lowest BCUT2D eigenvalue weighted by molar-refractivity contribution is -0.137. The van der Waals surface area contributed by atoms with Crippen molar-refractivity contribution in [2.24, 2.45) is 5.92 Å². The molecule has 1 amide bonds. The topological polar surface area (TPSA) is 42.3 Å². The van der Waals surface area contributed by atoms with Crippen molar-refractivity contribution in [1.29, 1.82) is 0 Å². The van der Waals surface area contributed by atoms with Gasteiger partial charge in [0.2, 0.25) is 0 Å². The van der Waals surface area contributed by atoms with Crippen molar-refractivity contribution in [3.8, 4) is 5.69 Å². The SMILES string of the molecule is CCN(CC1CC1)C(=O)c1ccc(=O)n(-c2cccc(C(F)(F)F)c2)c1. The van der Waals surface area contributed by atoms with E-state index in [1.807, 2.05) is 6.92 Å². The Bertz CT molecular complexity index is 870. The number of alkyl halides is 3. The zero-order chi connectivity index (χ0) is 18.9. The second-order valence-electron chi connectivity index (χ2n) is 6.46. The number of rotatable bonds is 5. The fourth-order valence-corrected chi connectivity index (χ4v) is 2.80. The van der Waals surface area contributed by atoms with Crippen molar-refractivity contribution in [1.82, 2.24) is 9.47 Å².